The zero-order chi connectivity index (χ0) is 8.20. The van der Waals surface area contributed by atoms with Crippen LogP contribution in [0.25, 0.3) is 0 Å². The number of hydrogen-bond donors (Lipinski definition) is 2. The standard InChI is InChI=1S/C7H14NO2/c1-4-6-7(5-2)8(3,9)10/h4-5,7,9-10H,1-2,6H2,3H3/q+1. The lowest BCUT2D eigenvalue weighted by molar-refractivity contribution is -1.24. The molecule has 0 aromatic heterocycles. The molecule has 0 aromatic carbocycles. The first kappa shape index (κ1) is 9.36. The van der Waals surface area contributed by atoms with Crippen molar-refractivity contribution in [3.05, 3.63) is 25.3 Å². The lowest BCUT2D eigenvalue weighted by Crippen LogP contribution is -2.44. The molecular weight excluding hydrogens is 130 g/mol. The number of rotatable bonds is 4. The maximum Gasteiger partial charge on any atom is 0.173 e. The van der Waals surface area contributed by atoms with Gasteiger partial charge in [-0.25, -0.2) is 0 Å². The highest BCUT2D eigenvalue weighted by atomic mass is 16.8. The van der Waals surface area contributed by atoms with E-state index in [4.69, 9.17) is 10.4 Å². The van der Waals surface area contributed by atoms with Gasteiger partial charge in [-0.05, 0) is 10.9 Å². The van der Waals surface area contributed by atoms with Crippen LogP contribution in [-0.4, -0.2) is 28.3 Å². The van der Waals surface area contributed by atoms with E-state index >= 15 is 0 Å². The second-order valence-corrected chi connectivity index (χ2v) is 2.31. The first-order valence-electron chi connectivity index (χ1n) is 3.07. The highest BCUT2D eigenvalue weighted by Crippen LogP contribution is 2.07. The predicted octanol–water partition coefficient (Wildman–Crippen LogP) is 1.34. The minimum absolute atomic E-state index is 0.391. The Kier molecular flexibility index (Phi) is 3.28. The van der Waals surface area contributed by atoms with Crippen LogP contribution < -0.4 is 0 Å². The van der Waals surface area contributed by atoms with Gasteiger partial charge in [-0.15, -0.1) is 6.58 Å². The fraction of sp³-hybridized carbons (Fsp3) is 0.429. The van der Waals surface area contributed by atoms with Crippen LogP contribution in [0.15, 0.2) is 25.3 Å². The molecule has 0 rings (SSSR count). The van der Waals surface area contributed by atoms with Gasteiger partial charge >= 0.3 is 0 Å². The molecule has 58 valence electrons. The molecule has 0 radical (unpaired) electrons. The Balaban J connectivity index is 4.05. The van der Waals surface area contributed by atoms with Gasteiger partial charge in [0.25, 0.3) is 0 Å². The Hall–Kier alpha value is -0.640. The van der Waals surface area contributed by atoms with Gasteiger partial charge in [0.1, 0.15) is 7.05 Å². The first-order valence-corrected chi connectivity index (χ1v) is 3.07. The van der Waals surface area contributed by atoms with Crippen LogP contribution in [0.3, 0.4) is 0 Å². The van der Waals surface area contributed by atoms with Crippen LogP contribution in [0.5, 0.6) is 0 Å². The third kappa shape index (κ3) is 2.77. The van der Waals surface area contributed by atoms with Crippen molar-refractivity contribution in [1.82, 2.24) is 0 Å². The summed E-state index contributed by atoms with van der Waals surface area (Å²) in [5, 5.41) is 18.0. The minimum Gasteiger partial charge on any atom is -0.182 e. The Morgan fingerprint density at radius 3 is 2.10 bits per heavy atom. The highest BCUT2D eigenvalue weighted by Gasteiger charge is 2.25. The summed E-state index contributed by atoms with van der Waals surface area (Å²) in [6.45, 7) is 6.94. The highest BCUT2D eigenvalue weighted by molar-refractivity contribution is 4.84. The third-order valence-electron chi connectivity index (χ3n) is 1.31. The number of hydroxylamine groups is 4. The van der Waals surface area contributed by atoms with Gasteiger partial charge in [0.15, 0.2) is 6.04 Å². The normalized spacial score (nSPS) is 14.3. The Bertz CT molecular complexity index is 126. The molecule has 0 heterocycles. The van der Waals surface area contributed by atoms with E-state index in [1.54, 1.807) is 6.08 Å². The van der Waals surface area contributed by atoms with Crippen LogP contribution in [0, 0.1) is 0 Å². The number of quaternary nitrogens is 1. The molecule has 3 heteroatoms. The molecule has 2 N–H and O–H groups in total. The summed E-state index contributed by atoms with van der Waals surface area (Å²) < 4.78 is 0. The number of likely N-dealkylation sites (N-methyl/N-ethyl adjacent to an activating group) is 1. The fourth-order valence-electron chi connectivity index (χ4n) is 0.666. The summed E-state index contributed by atoms with van der Waals surface area (Å²) in [5.41, 5.74) is 0. The zero-order valence-corrected chi connectivity index (χ0v) is 6.20. The first-order chi connectivity index (χ1) is 4.52. The Labute approximate surface area is 61.0 Å². The average Bonchev–Trinajstić information content (AvgIpc) is 1.80. The van der Waals surface area contributed by atoms with Crippen molar-refractivity contribution >= 4 is 0 Å². The summed E-state index contributed by atoms with van der Waals surface area (Å²) in [7, 11) is 1.27. The molecule has 0 saturated carbocycles. The molecule has 1 unspecified atom stereocenters. The van der Waals surface area contributed by atoms with Crippen molar-refractivity contribution in [2.24, 2.45) is 0 Å². The summed E-state index contributed by atoms with van der Waals surface area (Å²) in [6.07, 6.45) is 3.62. The summed E-state index contributed by atoms with van der Waals surface area (Å²) in [4.78, 5) is -1.07. The Morgan fingerprint density at radius 2 is 2.00 bits per heavy atom. The van der Waals surface area contributed by atoms with Gasteiger partial charge in [0.05, 0.1) is 0 Å². The minimum atomic E-state index is -1.07. The van der Waals surface area contributed by atoms with Gasteiger partial charge < -0.3 is 0 Å². The Morgan fingerprint density at radius 1 is 1.50 bits per heavy atom. The van der Waals surface area contributed by atoms with Crippen molar-refractivity contribution in [1.29, 1.82) is 0 Å². The van der Waals surface area contributed by atoms with E-state index in [2.05, 4.69) is 13.2 Å². The van der Waals surface area contributed by atoms with Crippen LogP contribution in [0.2, 0.25) is 0 Å². The molecule has 0 aliphatic rings. The predicted molar refractivity (Wildman–Crippen MR) is 38.6 cm³/mol. The maximum atomic E-state index is 8.98. The number of nitrogens with zero attached hydrogens (tertiary/aromatic N) is 1. The smallest absolute Gasteiger partial charge is 0.173 e. The van der Waals surface area contributed by atoms with Gasteiger partial charge in [-0.1, -0.05) is 12.7 Å². The van der Waals surface area contributed by atoms with Crippen molar-refractivity contribution in [2.45, 2.75) is 12.5 Å². The molecule has 1 atom stereocenters. The van der Waals surface area contributed by atoms with Crippen LogP contribution in [0.1, 0.15) is 6.42 Å². The number of hydrogen-bond acceptors (Lipinski definition) is 2. The van der Waals surface area contributed by atoms with Gasteiger partial charge in [0.2, 0.25) is 0 Å². The van der Waals surface area contributed by atoms with Gasteiger partial charge in [-0.3, -0.25) is 0 Å². The van der Waals surface area contributed by atoms with Crippen molar-refractivity contribution < 1.29 is 15.2 Å². The molecule has 0 bridgehead atoms. The summed E-state index contributed by atoms with van der Waals surface area (Å²) >= 11 is 0. The van der Waals surface area contributed by atoms with Crippen molar-refractivity contribution in [3.8, 4) is 0 Å². The van der Waals surface area contributed by atoms with Crippen LogP contribution in [0.4, 0.5) is 0 Å². The van der Waals surface area contributed by atoms with Gasteiger partial charge in [-0.2, -0.15) is 10.4 Å². The van der Waals surface area contributed by atoms with E-state index in [1.165, 1.54) is 13.1 Å². The zero-order valence-electron chi connectivity index (χ0n) is 6.20. The maximum absolute atomic E-state index is 8.98. The monoisotopic (exact) mass is 144 g/mol. The van der Waals surface area contributed by atoms with Crippen LogP contribution >= 0.6 is 0 Å². The van der Waals surface area contributed by atoms with E-state index in [1.807, 2.05) is 0 Å². The van der Waals surface area contributed by atoms with E-state index in [9.17, 15) is 0 Å². The van der Waals surface area contributed by atoms with E-state index < -0.39 is 10.9 Å². The lowest BCUT2D eigenvalue weighted by Gasteiger charge is -2.22. The van der Waals surface area contributed by atoms with E-state index in [0.29, 0.717) is 6.42 Å². The molecule has 0 aliphatic carbocycles. The molecule has 0 saturated heterocycles. The van der Waals surface area contributed by atoms with E-state index in [-0.39, 0.29) is 0 Å². The average molecular weight is 144 g/mol. The SMILES string of the molecule is C=CCC(C=C)[N+](C)(O)O. The van der Waals surface area contributed by atoms with Crippen molar-refractivity contribution in [3.63, 3.8) is 0 Å². The molecule has 0 spiro atoms. The molecule has 0 fully saturated rings. The molecule has 0 aromatic rings. The molecule has 0 aliphatic heterocycles. The fourth-order valence-corrected chi connectivity index (χ4v) is 0.666. The molecular formula is C7H14NO2+. The van der Waals surface area contributed by atoms with Gasteiger partial charge in [0, 0.05) is 6.42 Å². The summed E-state index contributed by atoms with van der Waals surface area (Å²) in [5.74, 6) is 0. The molecule has 10 heavy (non-hydrogen) atoms. The third-order valence-corrected chi connectivity index (χ3v) is 1.31. The van der Waals surface area contributed by atoms with Crippen molar-refractivity contribution in [2.75, 3.05) is 7.05 Å². The summed E-state index contributed by atoms with van der Waals surface area (Å²) in [6, 6.07) is -0.391. The van der Waals surface area contributed by atoms with E-state index in [0.717, 1.165) is 0 Å². The largest absolute Gasteiger partial charge is 0.182 e. The van der Waals surface area contributed by atoms with Crippen LogP contribution in [-0.2, 0) is 0 Å². The molecule has 0 amide bonds. The topological polar surface area (TPSA) is 40.5 Å². The quantitative estimate of drug-likeness (QED) is 0.355. The second-order valence-electron chi connectivity index (χ2n) is 2.31. The second kappa shape index (κ2) is 3.51. The lowest BCUT2D eigenvalue weighted by atomic mass is 10.2. The molecule has 3 nitrogen and oxygen atoms in total.